The summed E-state index contributed by atoms with van der Waals surface area (Å²) in [5, 5.41) is 11.3. The van der Waals surface area contributed by atoms with Crippen molar-refractivity contribution in [2.75, 3.05) is 6.54 Å². The lowest BCUT2D eigenvalue weighted by molar-refractivity contribution is -0.137. The van der Waals surface area contributed by atoms with Gasteiger partial charge in [0.25, 0.3) is 0 Å². The number of nitrogens with one attached hydrogen (secondary N) is 1. The van der Waals surface area contributed by atoms with Crippen LogP contribution in [0, 0.1) is 0 Å². The molecule has 0 fully saturated rings. The van der Waals surface area contributed by atoms with Crippen molar-refractivity contribution in [1.82, 2.24) is 5.32 Å². The lowest BCUT2D eigenvalue weighted by atomic mass is 10.1. The van der Waals surface area contributed by atoms with Crippen molar-refractivity contribution in [3.8, 4) is 0 Å². The molecule has 1 rings (SSSR count). The molecule has 0 bridgehead atoms. The number of carbonyl (C=O) groups excluding carboxylic acids is 1. The van der Waals surface area contributed by atoms with Crippen LogP contribution >= 0.6 is 0 Å². The second kappa shape index (κ2) is 8.29. The molecule has 0 radical (unpaired) electrons. The molecule has 0 unspecified atom stereocenters. The van der Waals surface area contributed by atoms with Crippen molar-refractivity contribution in [1.29, 1.82) is 0 Å². The predicted molar refractivity (Wildman–Crippen MR) is 74.0 cm³/mol. The molecule has 19 heavy (non-hydrogen) atoms. The van der Waals surface area contributed by atoms with Crippen LogP contribution in [0.25, 0.3) is 0 Å². The van der Waals surface area contributed by atoms with Gasteiger partial charge in [-0.05, 0) is 30.4 Å². The van der Waals surface area contributed by atoms with Gasteiger partial charge < -0.3 is 10.4 Å². The van der Waals surface area contributed by atoms with Gasteiger partial charge in [-0.1, -0.05) is 31.2 Å². The fourth-order valence-corrected chi connectivity index (χ4v) is 1.84. The standard InChI is InChI=1S/C15H21NO3/c1-2-12-6-5-7-13(10-12)11-14(17)16-9-4-3-8-15(18)19/h5-7,10H,2-4,8-9,11H2,1H3,(H,16,17)(H,18,19). The summed E-state index contributed by atoms with van der Waals surface area (Å²) in [6, 6.07) is 8.01. The molecule has 1 amide bonds. The molecule has 4 heteroatoms. The van der Waals surface area contributed by atoms with Crippen LogP contribution in [0.3, 0.4) is 0 Å². The number of hydrogen-bond donors (Lipinski definition) is 2. The van der Waals surface area contributed by atoms with E-state index in [1.54, 1.807) is 0 Å². The molecule has 0 aliphatic rings. The summed E-state index contributed by atoms with van der Waals surface area (Å²) in [5.41, 5.74) is 2.24. The molecule has 104 valence electrons. The van der Waals surface area contributed by atoms with Gasteiger partial charge in [0, 0.05) is 13.0 Å². The summed E-state index contributed by atoms with van der Waals surface area (Å²) >= 11 is 0. The van der Waals surface area contributed by atoms with Gasteiger partial charge in [-0.15, -0.1) is 0 Å². The average Bonchev–Trinajstić information content (AvgIpc) is 2.38. The van der Waals surface area contributed by atoms with Gasteiger partial charge in [0.1, 0.15) is 0 Å². The van der Waals surface area contributed by atoms with Gasteiger partial charge in [0.2, 0.25) is 5.91 Å². The first kappa shape index (κ1) is 15.2. The van der Waals surface area contributed by atoms with Crippen LogP contribution in [0.2, 0.25) is 0 Å². The fourth-order valence-electron chi connectivity index (χ4n) is 1.84. The number of aliphatic carboxylic acids is 1. The molecule has 0 aliphatic carbocycles. The minimum atomic E-state index is -0.789. The van der Waals surface area contributed by atoms with Crippen LogP contribution in [0.5, 0.6) is 0 Å². The Kier molecular flexibility index (Phi) is 6.64. The highest BCUT2D eigenvalue weighted by Crippen LogP contribution is 2.06. The lowest BCUT2D eigenvalue weighted by Gasteiger charge is -2.06. The van der Waals surface area contributed by atoms with E-state index in [0.717, 1.165) is 12.0 Å². The number of amides is 1. The summed E-state index contributed by atoms with van der Waals surface area (Å²) in [7, 11) is 0. The molecule has 4 nitrogen and oxygen atoms in total. The summed E-state index contributed by atoms with van der Waals surface area (Å²) in [4.78, 5) is 22.0. The lowest BCUT2D eigenvalue weighted by Crippen LogP contribution is -2.26. The highest BCUT2D eigenvalue weighted by molar-refractivity contribution is 5.78. The van der Waals surface area contributed by atoms with E-state index in [1.807, 2.05) is 24.3 Å². The summed E-state index contributed by atoms with van der Waals surface area (Å²) in [6.45, 7) is 2.63. The Morgan fingerprint density at radius 2 is 1.95 bits per heavy atom. The van der Waals surface area contributed by atoms with E-state index in [9.17, 15) is 9.59 Å². The zero-order valence-corrected chi connectivity index (χ0v) is 11.3. The van der Waals surface area contributed by atoms with Crippen molar-refractivity contribution < 1.29 is 14.7 Å². The molecule has 1 aromatic carbocycles. The molecular weight excluding hydrogens is 242 g/mol. The second-order valence-corrected chi connectivity index (χ2v) is 4.55. The number of carbonyl (C=O) groups is 2. The number of carboxylic acid groups (broad SMARTS) is 1. The molecule has 0 spiro atoms. The van der Waals surface area contributed by atoms with Gasteiger partial charge in [0.15, 0.2) is 0 Å². The van der Waals surface area contributed by atoms with E-state index in [2.05, 4.69) is 12.2 Å². The summed E-state index contributed by atoms with van der Waals surface area (Å²) in [6.07, 6.45) is 2.81. The SMILES string of the molecule is CCc1cccc(CC(=O)NCCCCC(=O)O)c1. The van der Waals surface area contributed by atoms with Gasteiger partial charge >= 0.3 is 5.97 Å². The molecule has 2 N–H and O–H groups in total. The minimum absolute atomic E-state index is 0.0106. The van der Waals surface area contributed by atoms with Gasteiger partial charge in [-0.2, -0.15) is 0 Å². The predicted octanol–water partition coefficient (Wildman–Crippen LogP) is 2.16. The number of benzene rings is 1. The largest absolute Gasteiger partial charge is 0.481 e. The van der Waals surface area contributed by atoms with Crippen molar-refractivity contribution >= 4 is 11.9 Å². The van der Waals surface area contributed by atoms with Gasteiger partial charge in [0.05, 0.1) is 6.42 Å². The number of rotatable bonds is 8. The Morgan fingerprint density at radius 1 is 1.21 bits per heavy atom. The van der Waals surface area contributed by atoms with E-state index in [1.165, 1.54) is 5.56 Å². The van der Waals surface area contributed by atoms with Crippen LogP contribution < -0.4 is 5.32 Å². The Labute approximate surface area is 113 Å². The summed E-state index contributed by atoms with van der Waals surface area (Å²) in [5.74, 6) is -0.800. The van der Waals surface area contributed by atoms with Crippen molar-refractivity contribution in [2.24, 2.45) is 0 Å². The topological polar surface area (TPSA) is 66.4 Å². The van der Waals surface area contributed by atoms with E-state index in [-0.39, 0.29) is 12.3 Å². The third-order valence-corrected chi connectivity index (χ3v) is 2.90. The number of unbranched alkanes of at least 4 members (excludes halogenated alkanes) is 1. The molecule has 0 aliphatic heterocycles. The zero-order valence-electron chi connectivity index (χ0n) is 11.3. The Bertz CT molecular complexity index is 429. The van der Waals surface area contributed by atoms with E-state index in [4.69, 9.17) is 5.11 Å². The molecule has 1 aromatic rings. The fraction of sp³-hybridized carbons (Fsp3) is 0.467. The highest BCUT2D eigenvalue weighted by atomic mass is 16.4. The molecule has 0 aromatic heterocycles. The van der Waals surface area contributed by atoms with E-state index in [0.29, 0.717) is 25.8 Å². The average molecular weight is 263 g/mol. The maximum absolute atomic E-state index is 11.7. The Balaban J connectivity index is 2.25. The molecule has 0 heterocycles. The van der Waals surface area contributed by atoms with Crippen molar-refractivity contribution in [3.05, 3.63) is 35.4 Å². The zero-order chi connectivity index (χ0) is 14.1. The van der Waals surface area contributed by atoms with Gasteiger partial charge in [-0.3, -0.25) is 9.59 Å². The van der Waals surface area contributed by atoms with Crippen LogP contribution in [-0.2, 0) is 22.4 Å². The normalized spacial score (nSPS) is 10.2. The number of hydrogen-bond acceptors (Lipinski definition) is 2. The highest BCUT2D eigenvalue weighted by Gasteiger charge is 2.03. The third-order valence-electron chi connectivity index (χ3n) is 2.90. The third kappa shape index (κ3) is 6.60. The first-order chi connectivity index (χ1) is 9.11. The van der Waals surface area contributed by atoms with Crippen LogP contribution in [-0.4, -0.2) is 23.5 Å². The Hall–Kier alpha value is -1.84. The minimum Gasteiger partial charge on any atom is -0.481 e. The first-order valence-electron chi connectivity index (χ1n) is 6.68. The first-order valence-corrected chi connectivity index (χ1v) is 6.68. The Morgan fingerprint density at radius 3 is 2.63 bits per heavy atom. The van der Waals surface area contributed by atoms with Crippen LogP contribution in [0.15, 0.2) is 24.3 Å². The smallest absolute Gasteiger partial charge is 0.303 e. The van der Waals surface area contributed by atoms with Crippen LogP contribution in [0.1, 0.15) is 37.3 Å². The number of aryl methyl sites for hydroxylation is 1. The van der Waals surface area contributed by atoms with E-state index < -0.39 is 5.97 Å². The maximum Gasteiger partial charge on any atom is 0.303 e. The van der Waals surface area contributed by atoms with Crippen molar-refractivity contribution in [3.63, 3.8) is 0 Å². The van der Waals surface area contributed by atoms with Crippen LogP contribution in [0.4, 0.5) is 0 Å². The van der Waals surface area contributed by atoms with Crippen molar-refractivity contribution in [2.45, 2.75) is 39.0 Å². The molecule has 0 saturated heterocycles. The monoisotopic (exact) mass is 263 g/mol. The molecule has 0 atom stereocenters. The second-order valence-electron chi connectivity index (χ2n) is 4.55. The molecule has 0 saturated carbocycles. The molecular formula is C15H21NO3. The van der Waals surface area contributed by atoms with E-state index >= 15 is 0 Å². The quantitative estimate of drug-likeness (QED) is 0.706. The maximum atomic E-state index is 11.7. The van der Waals surface area contributed by atoms with Gasteiger partial charge in [-0.25, -0.2) is 0 Å². The number of carboxylic acids is 1. The summed E-state index contributed by atoms with van der Waals surface area (Å²) < 4.78 is 0.